The molecule has 0 aliphatic rings. The average molecular weight is 228 g/mol. The van der Waals surface area contributed by atoms with E-state index in [1.165, 1.54) is 6.42 Å². The van der Waals surface area contributed by atoms with Crippen LogP contribution in [0, 0.1) is 5.92 Å². The molecule has 0 aromatic carbocycles. The lowest BCUT2D eigenvalue weighted by Gasteiger charge is -2.35. The molecular weight excluding hydrogens is 196 g/mol. The highest BCUT2D eigenvalue weighted by atomic mass is 15.2. The molecule has 0 rings (SSSR count). The third-order valence-electron chi connectivity index (χ3n) is 3.71. The Hall–Kier alpha value is -0.0800. The van der Waals surface area contributed by atoms with Gasteiger partial charge >= 0.3 is 0 Å². The fourth-order valence-electron chi connectivity index (χ4n) is 1.73. The Bertz CT molecular complexity index is 184. The van der Waals surface area contributed by atoms with E-state index in [-0.39, 0.29) is 5.54 Å². The molecule has 1 N–H and O–H groups in total. The maximum absolute atomic E-state index is 3.59. The number of nitrogens with zero attached hydrogens (tertiary/aromatic N) is 1. The molecule has 0 aromatic heterocycles. The second-order valence-electron chi connectivity index (χ2n) is 6.27. The average Bonchev–Trinajstić information content (AvgIpc) is 2.21. The van der Waals surface area contributed by atoms with Gasteiger partial charge in [0.05, 0.1) is 0 Å². The largest absolute Gasteiger partial charge is 0.312 e. The molecule has 0 aromatic rings. The van der Waals surface area contributed by atoms with Crippen molar-refractivity contribution in [2.24, 2.45) is 5.92 Å². The van der Waals surface area contributed by atoms with E-state index in [1.54, 1.807) is 0 Å². The first-order valence-electron chi connectivity index (χ1n) is 6.66. The molecule has 2 heteroatoms. The molecule has 0 aliphatic heterocycles. The molecule has 3 unspecified atom stereocenters. The summed E-state index contributed by atoms with van der Waals surface area (Å²) in [5, 5.41) is 3.59. The van der Waals surface area contributed by atoms with Crippen LogP contribution in [0.2, 0.25) is 0 Å². The summed E-state index contributed by atoms with van der Waals surface area (Å²) in [6.07, 6.45) is 1.22. The van der Waals surface area contributed by atoms with E-state index in [0.717, 1.165) is 6.54 Å². The molecule has 0 aliphatic carbocycles. The summed E-state index contributed by atoms with van der Waals surface area (Å²) in [5.41, 5.74) is 0.225. The third kappa shape index (κ3) is 5.86. The van der Waals surface area contributed by atoms with E-state index < -0.39 is 0 Å². The Balaban J connectivity index is 4.12. The van der Waals surface area contributed by atoms with Crippen LogP contribution in [0.1, 0.15) is 54.9 Å². The van der Waals surface area contributed by atoms with Crippen molar-refractivity contribution in [1.82, 2.24) is 10.2 Å². The van der Waals surface area contributed by atoms with Crippen molar-refractivity contribution >= 4 is 0 Å². The van der Waals surface area contributed by atoms with Crippen LogP contribution in [0.5, 0.6) is 0 Å². The molecule has 2 nitrogen and oxygen atoms in total. The molecule has 16 heavy (non-hydrogen) atoms. The maximum atomic E-state index is 3.59. The molecule has 3 atom stereocenters. The number of nitrogens with one attached hydrogen (secondary N) is 1. The highest BCUT2D eigenvalue weighted by molar-refractivity contribution is 4.78. The lowest BCUT2D eigenvalue weighted by atomic mass is 9.99. The summed E-state index contributed by atoms with van der Waals surface area (Å²) in [5.74, 6) is 0.679. The lowest BCUT2D eigenvalue weighted by molar-refractivity contribution is 0.142. The fraction of sp³-hybridized carbons (Fsp3) is 1.00. The smallest absolute Gasteiger partial charge is 0.0104 e. The van der Waals surface area contributed by atoms with Crippen LogP contribution < -0.4 is 5.32 Å². The summed E-state index contributed by atoms with van der Waals surface area (Å²) in [4.78, 5) is 2.50. The fourth-order valence-corrected chi connectivity index (χ4v) is 1.73. The zero-order valence-electron chi connectivity index (χ0n) is 12.6. The van der Waals surface area contributed by atoms with Gasteiger partial charge in [-0.15, -0.1) is 0 Å². The van der Waals surface area contributed by atoms with E-state index in [4.69, 9.17) is 0 Å². The van der Waals surface area contributed by atoms with Crippen LogP contribution in [0.3, 0.4) is 0 Å². The minimum Gasteiger partial charge on any atom is -0.312 e. The number of hydrogen-bond donors (Lipinski definition) is 1. The summed E-state index contributed by atoms with van der Waals surface area (Å²) < 4.78 is 0. The SMILES string of the molecule is CCC(C)N(C)C(C)C(C)CNC(C)(C)C. The number of rotatable bonds is 6. The third-order valence-corrected chi connectivity index (χ3v) is 3.71. The normalized spacial score (nSPS) is 18.6. The maximum Gasteiger partial charge on any atom is 0.0104 e. The van der Waals surface area contributed by atoms with Crippen molar-refractivity contribution < 1.29 is 0 Å². The van der Waals surface area contributed by atoms with Gasteiger partial charge in [-0.25, -0.2) is 0 Å². The predicted molar refractivity (Wildman–Crippen MR) is 73.9 cm³/mol. The second-order valence-corrected chi connectivity index (χ2v) is 6.27. The molecule has 0 bridgehead atoms. The molecule has 0 radical (unpaired) electrons. The van der Waals surface area contributed by atoms with Crippen molar-refractivity contribution in [2.75, 3.05) is 13.6 Å². The van der Waals surface area contributed by atoms with Crippen molar-refractivity contribution in [2.45, 2.75) is 72.5 Å². The van der Waals surface area contributed by atoms with Crippen LogP contribution in [-0.4, -0.2) is 36.1 Å². The van der Waals surface area contributed by atoms with Crippen molar-refractivity contribution in [3.63, 3.8) is 0 Å². The Labute approximate surface area is 103 Å². The zero-order chi connectivity index (χ0) is 12.9. The highest BCUT2D eigenvalue weighted by Gasteiger charge is 2.21. The van der Waals surface area contributed by atoms with Crippen LogP contribution in [0.25, 0.3) is 0 Å². The Morgan fingerprint density at radius 2 is 1.62 bits per heavy atom. The number of hydrogen-bond acceptors (Lipinski definition) is 2. The van der Waals surface area contributed by atoms with Gasteiger partial charge < -0.3 is 10.2 Å². The van der Waals surface area contributed by atoms with Gasteiger partial charge in [0, 0.05) is 17.6 Å². The summed E-state index contributed by atoms with van der Waals surface area (Å²) >= 11 is 0. The Morgan fingerprint density at radius 1 is 1.12 bits per heavy atom. The Kier molecular flexibility index (Phi) is 6.57. The van der Waals surface area contributed by atoms with Gasteiger partial charge in [0.2, 0.25) is 0 Å². The topological polar surface area (TPSA) is 15.3 Å². The van der Waals surface area contributed by atoms with E-state index >= 15 is 0 Å². The van der Waals surface area contributed by atoms with Crippen LogP contribution >= 0.6 is 0 Å². The lowest BCUT2D eigenvalue weighted by Crippen LogP contribution is -2.46. The van der Waals surface area contributed by atoms with Gasteiger partial charge in [0.25, 0.3) is 0 Å². The van der Waals surface area contributed by atoms with Gasteiger partial charge in [-0.2, -0.15) is 0 Å². The summed E-state index contributed by atoms with van der Waals surface area (Å²) in [6, 6.07) is 1.30. The predicted octanol–water partition coefficient (Wildman–Crippen LogP) is 3.13. The minimum atomic E-state index is 0.225. The zero-order valence-corrected chi connectivity index (χ0v) is 12.6. The standard InChI is InChI=1S/C14H32N2/c1-9-12(3)16(8)13(4)11(2)10-15-14(5,6)7/h11-13,15H,9-10H2,1-8H3. The van der Waals surface area contributed by atoms with Gasteiger partial charge in [0.15, 0.2) is 0 Å². The molecule has 0 amide bonds. The van der Waals surface area contributed by atoms with Crippen LogP contribution in [0.15, 0.2) is 0 Å². The Morgan fingerprint density at radius 3 is 2.00 bits per heavy atom. The van der Waals surface area contributed by atoms with Gasteiger partial charge in [-0.05, 0) is 60.5 Å². The highest BCUT2D eigenvalue weighted by Crippen LogP contribution is 2.14. The molecule has 0 saturated carbocycles. The van der Waals surface area contributed by atoms with Crippen molar-refractivity contribution in [3.8, 4) is 0 Å². The molecule has 0 fully saturated rings. The summed E-state index contributed by atoms with van der Waals surface area (Å²) in [6.45, 7) is 17.0. The quantitative estimate of drug-likeness (QED) is 0.751. The molecular formula is C14H32N2. The van der Waals surface area contributed by atoms with Gasteiger partial charge in [-0.3, -0.25) is 0 Å². The molecule has 98 valence electrons. The first kappa shape index (κ1) is 15.9. The first-order chi connectivity index (χ1) is 7.19. The van der Waals surface area contributed by atoms with E-state index in [2.05, 4.69) is 65.7 Å². The molecule has 0 spiro atoms. The van der Waals surface area contributed by atoms with Crippen LogP contribution in [-0.2, 0) is 0 Å². The van der Waals surface area contributed by atoms with Gasteiger partial charge in [0.1, 0.15) is 0 Å². The van der Waals surface area contributed by atoms with Gasteiger partial charge in [-0.1, -0.05) is 13.8 Å². The van der Waals surface area contributed by atoms with Crippen molar-refractivity contribution in [1.29, 1.82) is 0 Å². The minimum absolute atomic E-state index is 0.225. The second kappa shape index (κ2) is 6.61. The van der Waals surface area contributed by atoms with Crippen LogP contribution in [0.4, 0.5) is 0 Å². The first-order valence-corrected chi connectivity index (χ1v) is 6.66. The summed E-state index contributed by atoms with van der Waals surface area (Å²) in [7, 11) is 2.24. The monoisotopic (exact) mass is 228 g/mol. The van der Waals surface area contributed by atoms with E-state index in [0.29, 0.717) is 18.0 Å². The van der Waals surface area contributed by atoms with E-state index in [1.807, 2.05) is 0 Å². The van der Waals surface area contributed by atoms with Crippen molar-refractivity contribution in [3.05, 3.63) is 0 Å². The molecule has 0 saturated heterocycles. The van der Waals surface area contributed by atoms with E-state index in [9.17, 15) is 0 Å². The molecule has 0 heterocycles.